The molecular formula is C14H21Br2N3. The molecule has 0 radical (unpaired) electrons. The summed E-state index contributed by atoms with van der Waals surface area (Å²) in [7, 11) is 0. The number of nitrogens with zero attached hydrogens (tertiary/aromatic N) is 3. The maximum atomic E-state index is 4.43. The van der Waals surface area contributed by atoms with Crippen molar-refractivity contribution >= 4 is 45.0 Å². The maximum absolute atomic E-state index is 4.43. The van der Waals surface area contributed by atoms with Gasteiger partial charge in [-0.25, -0.2) is 4.98 Å². The molecule has 1 aliphatic heterocycles. The lowest BCUT2D eigenvalue weighted by atomic mass is 10.1. The third kappa shape index (κ3) is 4.04. The Labute approximate surface area is 135 Å². The van der Waals surface area contributed by atoms with Crippen LogP contribution in [-0.4, -0.2) is 34.1 Å². The molecule has 1 aromatic heterocycles. The Bertz CT molecular complexity index is 492. The first kappa shape index (κ1) is 16.7. The van der Waals surface area contributed by atoms with Gasteiger partial charge in [0.1, 0.15) is 0 Å². The Morgan fingerprint density at radius 3 is 2.47 bits per heavy atom. The number of para-hydroxylation sites is 2. The molecule has 0 aliphatic carbocycles. The molecular weight excluding hydrogens is 370 g/mol. The summed E-state index contributed by atoms with van der Waals surface area (Å²) in [6.45, 7) is 4.75. The van der Waals surface area contributed by atoms with Gasteiger partial charge in [-0.05, 0) is 38.1 Å². The predicted octanol–water partition coefficient (Wildman–Crippen LogP) is 3.68. The lowest BCUT2D eigenvalue weighted by Crippen LogP contribution is -2.32. The number of fused-ring (bicyclic) bond motifs is 1. The summed E-state index contributed by atoms with van der Waals surface area (Å²) in [6.07, 6.45) is 6.11. The Kier molecular flexibility index (Phi) is 7.04. The van der Waals surface area contributed by atoms with Gasteiger partial charge in [-0.1, -0.05) is 18.6 Å². The molecule has 106 valence electrons. The number of rotatable bonds is 3. The fourth-order valence-electron chi connectivity index (χ4n) is 2.62. The molecule has 2 aromatic rings. The Morgan fingerprint density at radius 2 is 1.68 bits per heavy atom. The molecule has 1 fully saturated rings. The molecule has 0 unspecified atom stereocenters. The highest BCUT2D eigenvalue weighted by Crippen LogP contribution is 2.13. The number of benzene rings is 1. The van der Waals surface area contributed by atoms with E-state index in [0.29, 0.717) is 0 Å². The van der Waals surface area contributed by atoms with Crippen molar-refractivity contribution in [2.75, 3.05) is 19.6 Å². The van der Waals surface area contributed by atoms with E-state index in [4.69, 9.17) is 0 Å². The number of piperidine rings is 1. The van der Waals surface area contributed by atoms with E-state index in [2.05, 4.69) is 32.7 Å². The van der Waals surface area contributed by atoms with Gasteiger partial charge in [0.2, 0.25) is 0 Å². The first-order valence-electron chi connectivity index (χ1n) is 6.56. The van der Waals surface area contributed by atoms with Crippen LogP contribution < -0.4 is 0 Å². The van der Waals surface area contributed by atoms with E-state index in [1.165, 1.54) is 37.9 Å². The number of imidazole rings is 1. The van der Waals surface area contributed by atoms with Crippen LogP contribution in [0.4, 0.5) is 0 Å². The molecule has 2 heterocycles. The molecule has 1 aromatic carbocycles. The smallest absolute Gasteiger partial charge is 0.0958 e. The van der Waals surface area contributed by atoms with Crippen LogP contribution in [0.3, 0.4) is 0 Å². The average Bonchev–Trinajstić information content (AvgIpc) is 2.81. The van der Waals surface area contributed by atoms with Crippen molar-refractivity contribution < 1.29 is 0 Å². The van der Waals surface area contributed by atoms with E-state index in [1.54, 1.807) is 0 Å². The third-order valence-corrected chi connectivity index (χ3v) is 3.63. The van der Waals surface area contributed by atoms with Gasteiger partial charge < -0.3 is 9.47 Å². The number of aromatic nitrogens is 2. The van der Waals surface area contributed by atoms with E-state index < -0.39 is 0 Å². The van der Waals surface area contributed by atoms with E-state index in [-0.39, 0.29) is 34.0 Å². The van der Waals surface area contributed by atoms with Crippen LogP contribution in [0.25, 0.3) is 11.0 Å². The molecule has 1 saturated heterocycles. The predicted molar refractivity (Wildman–Crippen MR) is 90.7 cm³/mol. The molecule has 1 aliphatic rings. The van der Waals surface area contributed by atoms with Gasteiger partial charge >= 0.3 is 0 Å². The summed E-state index contributed by atoms with van der Waals surface area (Å²) < 4.78 is 2.27. The Hall–Kier alpha value is -0.390. The van der Waals surface area contributed by atoms with Gasteiger partial charge in [0.25, 0.3) is 0 Å². The van der Waals surface area contributed by atoms with Gasteiger partial charge in [0.15, 0.2) is 0 Å². The number of likely N-dealkylation sites (tertiary alicyclic amines) is 1. The number of hydrogen-bond donors (Lipinski definition) is 0. The summed E-state index contributed by atoms with van der Waals surface area (Å²) in [4.78, 5) is 6.99. The van der Waals surface area contributed by atoms with E-state index >= 15 is 0 Å². The van der Waals surface area contributed by atoms with Gasteiger partial charge in [-0.3, -0.25) is 0 Å². The highest BCUT2D eigenvalue weighted by atomic mass is 79.9. The van der Waals surface area contributed by atoms with Crippen LogP contribution >= 0.6 is 34.0 Å². The summed E-state index contributed by atoms with van der Waals surface area (Å²) in [5, 5.41) is 0. The van der Waals surface area contributed by atoms with E-state index in [1.807, 2.05) is 12.4 Å². The largest absolute Gasteiger partial charge is 0.329 e. The molecule has 0 spiro atoms. The van der Waals surface area contributed by atoms with Gasteiger partial charge in [-0.15, -0.1) is 34.0 Å². The minimum absolute atomic E-state index is 0. The van der Waals surface area contributed by atoms with Gasteiger partial charge in [-0.2, -0.15) is 0 Å². The highest BCUT2D eigenvalue weighted by molar-refractivity contribution is 8.93. The zero-order chi connectivity index (χ0) is 11.5. The number of hydrogen-bond acceptors (Lipinski definition) is 2. The van der Waals surface area contributed by atoms with Gasteiger partial charge in [0, 0.05) is 13.1 Å². The molecule has 0 bridgehead atoms. The molecule has 3 nitrogen and oxygen atoms in total. The fraction of sp³-hybridized carbons (Fsp3) is 0.500. The summed E-state index contributed by atoms with van der Waals surface area (Å²) in [6, 6.07) is 8.36. The second kappa shape index (κ2) is 8.02. The Balaban J connectivity index is 0.000000902. The van der Waals surface area contributed by atoms with Crippen molar-refractivity contribution in [2.24, 2.45) is 0 Å². The van der Waals surface area contributed by atoms with Gasteiger partial charge in [0.05, 0.1) is 17.4 Å². The molecule has 0 amide bonds. The van der Waals surface area contributed by atoms with Crippen molar-refractivity contribution in [3.63, 3.8) is 0 Å². The zero-order valence-corrected chi connectivity index (χ0v) is 14.4. The number of halogens is 2. The Morgan fingerprint density at radius 1 is 0.947 bits per heavy atom. The monoisotopic (exact) mass is 389 g/mol. The lowest BCUT2D eigenvalue weighted by molar-refractivity contribution is 0.221. The van der Waals surface area contributed by atoms with Crippen LogP contribution in [0.1, 0.15) is 19.3 Å². The van der Waals surface area contributed by atoms with Crippen molar-refractivity contribution in [3.8, 4) is 0 Å². The first-order chi connectivity index (χ1) is 8.43. The van der Waals surface area contributed by atoms with E-state index in [9.17, 15) is 0 Å². The molecule has 0 atom stereocenters. The second-order valence-electron chi connectivity index (χ2n) is 4.83. The zero-order valence-electron chi connectivity index (χ0n) is 11.0. The molecule has 5 heteroatoms. The average molecular weight is 391 g/mol. The van der Waals surface area contributed by atoms with Crippen LogP contribution in [0, 0.1) is 0 Å². The molecule has 0 saturated carbocycles. The normalized spacial score (nSPS) is 15.8. The first-order valence-corrected chi connectivity index (χ1v) is 6.56. The van der Waals surface area contributed by atoms with Crippen LogP contribution in [0.2, 0.25) is 0 Å². The third-order valence-electron chi connectivity index (χ3n) is 3.63. The van der Waals surface area contributed by atoms with Crippen molar-refractivity contribution in [1.82, 2.24) is 14.5 Å². The quantitative estimate of drug-likeness (QED) is 0.796. The molecule has 19 heavy (non-hydrogen) atoms. The summed E-state index contributed by atoms with van der Waals surface area (Å²) in [5.41, 5.74) is 2.36. The lowest BCUT2D eigenvalue weighted by Gasteiger charge is -2.26. The van der Waals surface area contributed by atoms with Crippen molar-refractivity contribution in [1.29, 1.82) is 0 Å². The highest BCUT2D eigenvalue weighted by Gasteiger charge is 2.10. The van der Waals surface area contributed by atoms with Crippen LogP contribution in [-0.2, 0) is 6.54 Å². The van der Waals surface area contributed by atoms with Crippen molar-refractivity contribution in [3.05, 3.63) is 30.6 Å². The minimum Gasteiger partial charge on any atom is -0.329 e. The summed E-state index contributed by atoms with van der Waals surface area (Å²) >= 11 is 0. The minimum atomic E-state index is 0. The molecule has 0 N–H and O–H groups in total. The van der Waals surface area contributed by atoms with Crippen LogP contribution in [0.5, 0.6) is 0 Å². The van der Waals surface area contributed by atoms with Crippen LogP contribution in [0.15, 0.2) is 30.6 Å². The SMILES string of the molecule is Br.Br.c1ccc2c(c1)ncn2CCN1CCCCC1. The van der Waals surface area contributed by atoms with Crippen molar-refractivity contribution in [2.45, 2.75) is 25.8 Å². The van der Waals surface area contributed by atoms with E-state index in [0.717, 1.165) is 18.6 Å². The summed E-state index contributed by atoms with van der Waals surface area (Å²) in [5.74, 6) is 0. The molecule has 3 rings (SSSR count). The maximum Gasteiger partial charge on any atom is 0.0958 e. The second-order valence-corrected chi connectivity index (χ2v) is 4.83. The topological polar surface area (TPSA) is 21.1 Å². The fourth-order valence-corrected chi connectivity index (χ4v) is 2.62. The standard InChI is InChI=1S/C14H19N3.2BrH/c1-4-8-16(9-5-1)10-11-17-12-15-13-6-2-3-7-14(13)17;;/h2-3,6-7,12H,1,4-5,8-11H2;2*1H.